The number of anilines is 1. The van der Waals surface area contributed by atoms with Crippen molar-refractivity contribution in [2.75, 3.05) is 4.90 Å². The molecular weight excluding hydrogens is 429 g/mol. The Hall–Kier alpha value is -2.30. The summed E-state index contributed by atoms with van der Waals surface area (Å²) in [4.78, 5) is 15.3. The number of hydrogen-bond donors (Lipinski definition) is 0. The average molecular weight is 457 g/mol. The molecule has 0 unspecified atom stereocenters. The summed E-state index contributed by atoms with van der Waals surface area (Å²) in [7, 11) is 0. The number of imidazole rings is 1. The molecule has 0 radical (unpaired) electrons. The third-order valence-electron chi connectivity index (χ3n) is 5.83. The molecule has 0 N–H and O–H groups in total. The van der Waals surface area contributed by atoms with Gasteiger partial charge >= 0.3 is 0 Å². The SMILES string of the molecule is CC(C)N(C(=O)C[n+]1cc(-c2ccc(Cl)c(Cl)c2)n2c1CCCCC2)c1ccccc1. The van der Waals surface area contributed by atoms with Crippen LogP contribution in [0.3, 0.4) is 0 Å². The van der Waals surface area contributed by atoms with E-state index >= 15 is 0 Å². The van der Waals surface area contributed by atoms with Crippen molar-refractivity contribution in [3.05, 3.63) is 70.6 Å². The summed E-state index contributed by atoms with van der Waals surface area (Å²) in [6.45, 7) is 5.36. The summed E-state index contributed by atoms with van der Waals surface area (Å²) >= 11 is 12.4. The number of para-hydroxylation sites is 1. The molecule has 0 saturated carbocycles. The highest BCUT2D eigenvalue weighted by Crippen LogP contribution is 2.30. The molecule has 4 nitrogen and oxygen atoms in total. The fourth-order valence-electron chi connectivity index (χ4n) is 4.41. The minimum absolute atomic E-state index is 0.0752. The summed E-state index contributed by atoms with van der Waals surface area (Å²) in [6.07, 6.45) is 6.51. The molecular formula is C25H28Cl2N3O+. The van der Waals surface area contributed by atoms with Crippen LogP contribution in [-0.4, -0.2) is 16.5 Å². The Morgan fingerprint density at radius 1 is 1.06 bits per heavy atom. The Morgan fingerprint density at radius 3 is 2.55 bits per heavy atom. The average Bonchev–Trinajstić information content (AvgIpc) is 2.91. The highest BCUT2D eigenvalue weighted by Gasteiger charge is 2.29. The normalized spacial score (nSPS) is 13.7. The topological polar surface area (TPSA) is 29.1 Å². The van der Waals surface area contributed by atoms with Gasteiger partial charge < -0.3 is 4.90 Å². The summed E-state index contributed by atoms with van der Waals surface area (Å²) in [6, 6.07) is 15.7. The summed E-state index contributed by atoms with van der Waals surface area (Å²) < 4.78 is 4.48. The van der Waals surface area contributed by atoms with Crippen molar-refractivity contribution in [3.63, 3.8) is 0 Å². The fraction of sp³-hybridized carbons (Fsp3) is 0.360. The monoisotopic (exact) mass is 456 g/mol. The molecule has 0 aliphatic carbocycles. The van der Waals surface area contributed by atoms with Crippen LogP contribution in [0.25, 0.3) is 11.3 Å². The van der Waals surface area contributed by atoms with Gasteiger partial charge in [0.1, 0.15) is 6.20 Å². The molecule has 162 valence electrons. The number of amides is 1. The zero-order valence-electron chi connectivity index (χ0n) is 18.0. The largest absolute Gasteiger partial charge is 0.307 e. The first-order valence-electron chi connectivity index (χ1n) is 10.9. The first kappa shape index (κ1) is 21.9. The number of rotatable bonds is 5. The number of fused-ring (bicyclic) bond motifs is 1. The van der Waals surface area contributed by atoms with Crippen LogP contribution >= 0.6 is 23.2 Å². The van der Waals surface area contributed by atoms with Gasteiger partial charge in [-0.25, -0.2) is 9.13 Å². The van der Waals surface area contributed by atoms with Crippen LogP contribution in [0.5, 0.6) is 0 Å². The minimum Gasteiger partial charge on any atom is -0.307 e. The smallest absolute Gasteiger partial charge is 0.269 e. The number of carbonyl (C=O) groups is 1. The summed E-state index contributed by atoms with van der Waals surface area (Å²) in [5.41, 5.74) is 3.03. The summed E-state index contributed by atoms with van der Waals surface area (Å²) in [5.74, 6) is 1.29. The molecule has 1 aromatic heterocycles. The Morgan fingerprint density at radius 2 is 1.84 bits per heavy atom. The molecule has 0 atom stereocenters. The number of benzene rings is 2. The van der Waals surface area contributed by atoms with E-state index in [2.05, 4.69) is 29.2 Å². The third-order valence-corrected chi connectivity index (χ3v) is 6.57. The van der Waals surface area contributed by atoms with E-state index in [1.807, 2.05) is 53.4 Å². The number of hydrogen-bond acceptors (Lipinski definition) is 1. The number of nitrogens with zero attached hydrogens (tertiary/aromatic N) is 3. The molecule has 1 amide bonds. The van der Waals surface area contributed by atoms with Crippen molar-refractivity contribution in [3.8, 4) is 11.3 Å². The predicted molar refractivity (Wildman–Crippen MR) is 127 cm³/mol. The zero-order valence-corrected chi connectivity index (χ0v) is 19.5. The quantitative estimate of drug-likeness (QED) is 0.438. The van der Waals surface area contributed by atoms with Crippen LogP contribution in [0, 0.1) is 0 Å². The molecule has 0 spiro atoms. The molecule has 0 bridgehead atoms. The van der Waals surface area contributed by atoms with Gasteiger partial charge in [0.25, 0.3) is 11.7 Å². The highest BCUT2D eigenvalue weighted by atomic mass is 35.5. The van der Waals surface area contributed by atoms with Crippen LogP contribution in [-0.2, 0) is 24.3 Å². The van der Waals surface area contributed by atoms with Crippen molar-refractivity contribution in [2.24, 2.45) is 0 Å². The van der Waals surface area contributed by atoms with E-state index in [9.17, 15) is 4.79 Å². The minimum atomic E-state index is 0.0752. The van der Waals surface area contributed by atoms with E-state index in [4.69, 9.17) is 23.2 Å². The third kappa shape index (κ3) is 4.65. The van der Waals surface area contributed by atoms with Gasteiger partial charge in [0.15, 0.2) is 12.2 Å². The molecule has 0 saturated heterocycles. The van der Waals surface area contributed by atoms with Crippen molar-refractivity contribution < 1.29 is 9.36 Å². The predicted octanol–water partition coefficient (Wildman–Crippen LogP) is 5.92. The lowest BCUT2D eigenvalue weighted by molar-refractivity contribution is -0.691. The van der Waals surface area contributed by atoms with Crippen molar-refractivity contribution in [1.82, 2.24) is 4.57 Å². The molecule has 0 fully saturated rings. The standard InChI is InChI=1S/C25H28Cl2N3O/c1-18(2)30(20-9-5-3-6-10-20)25(31)17-28-16-23(19-12-13-21(26)22(27)15-19)29-14-8-4-7-11-24(28)29/h3,5-6,9-10,12-13,15-16,18H,4,7-8,11,14,17H2,1-2H3/q+1. The zero-order chi connectivity index (χ0) is 22.0. The maximum Gasteiger partial charge on any atom is 0.269 e. The van der Waals surface area contributed by atoms with Gasteiger partial charge in [0.05, 0.1) is 16.6 Å². The molecule has 3 aromatic rings. The van der Waals surface area contributed by atoms with Gasteiger partial charge in [-0.1, -0.05) is 41.4 Å². The van der Waals surface area contributed by atoms with Crippen LogP contribution in [0.4, 0.5) is 5.69 Å². The Kier molecular flexibility index (Phi) is 6.68. The van der Waals surface area contributed by atoms with Gasteiger partial charge in [-0.2, -0.15) is 0 Å². The maximum absolute atomic E-state index is 13.4. The number of carbonyl (C=O) groups excluding carboxylic acids is 1. The molecule has 2 aromatic carbocycles. The Labute approximate surface area is 194 Å². The van der Waals surface area contributed by atoms with Gasteiger partial charge in [-0.05, 0) is 63.4 Å². The van der Waals surface area contributed by atoms with E-state index in [0.29, 0.717) is 16.6 Å². The second-order valence-electron chi connectivity index (χ2n) is 8.34. The number of aromatic nitrogens is 2. The van der Waals surface area contributed by atoms with Crippen molar-refractivity contribution in [1.29, 1.82) is 0 Å². The van der Waals surface area contributed by atoms with E-state index in [1.54, 1.807) is 0 Å². The lowest BCUT2D eigenvalue weighted by Crippen LogP contribution is -2.48. The van der Waals surface area contributed by atoms with Crippen LogP contribution in [0.15, 0.2) is 54.7 Å². The van der Waals surface area contributed by atoms with E-state index in [-0.39, 0.29) is 11.9 Å². The second kappa shape index (κ2) is 9.46. The molecule has 31 heavy (non-hydrogen) atoms. The first-order chi connectivity index (χ1) is 15.0. The Bertz CT molecular complexity index is 1080. The van der Waals surface area contributed by atoms with Crippen molar-refractivity contribution in [2.45, 2.75) is 58.7 Å². The molecule has 6 heteroatoms. The second-order valence-corrected chi connectivity index (χ2v) is 9.16. The molecule has 2 heterocycles. The van der Waals surface area contributed by atoms with Gasteiger partial charge in [-0.3, -0.25) is 4.79 Å². The molecule has 4 rings (SSSR count). The van der Waals surface area contributed by atoms with Crippen LogP contribution in [0.1, 0.15) is 38.9 Å². The van der Waals surface area contributed by atoms with E-state index in [1.165, 1.54) is 12.2 Å². The van der Waals surface area contributed by atoms with Crippen LogP contribution in [0.2, 0.25) is 10.0 Å². The summed E-state index contributed by atoms with van der Waals surface area (Å²) in [5, 5.41) is 1.09. The van der Waals surface area contributed by atoms with Gasteiger partial charge in [0, 0.05) is 23.7 Å². The van der Waals surface area contributed by atoms with Crippen molar-refractivity contribution >= 4 is 34.8 Å². The Balaban J connectivity index is 1.72. The van der Waals surface area contributed by atoms with E-state index in [0.717, 1.165) is 42.8 Å². The van der Waals surface area contributed by atoms with E-state index < -0.39 is 0 Å². The van der Waals surface area contributed by atoms with Crippen LogP contribution < -0.4 is 9.47 Å². The number of halogens is 2. The lowest BCUT2D eigenvalue weighted by Gasteiger charge is -2.26. The fourth-order valence-corrected chi connectivity index (χ4v) is 4.71. The molecule has 1 aliphatic heterocycles. The van der Waals surface area contributed by atoms with Gasteiger partial charge in [0.2, 0.25) is 0 Å². The first-order valence-corrected chi connectivity index (χ1v) is 11.7. The highest BCUT2D eigenvalue weighted by molar-refractivity contribution is 6.42. The lowest BCUT2D eigenvalue weighted by atomic mass is 10.1. The molecule has 1 aliphatic rings. The van der Waals surface area contributed by atoms with Gasteiger partial charge in [-0.15, -0.1) is 0 Å². The maximum atomic E-state index is 13.4.